The number of carbonyl (C=O) groups is 1. The first kappa shape index (κ1) is 19.0. The minimum atomic E-state index is -0.359. The van der Waals surface area contributed by atoms with Crippen molar-refractivity contribution in [2.45, 2.75) is 12.8 Å². The predicted octanol–water partition coefficient (Wildman–Crippen LogP) is 3.00. The third-order valence-corrected chi connectivity index (χ3v) is 1.76. The molecule has 4 heteroatoms. The maximum atomic E-state index is 10.1. The number of esters is 1. The highest BCUT2D eigenvalue weighted by Crippen LogP contribution is 2.00. The van der Waals surface area contributed by atoms with E-state index in [1.54, 1.807) is 6.92 Å². The molecule has 0 radical (unpaired) electrons. The van der Waals surface area contributed by atoms with Crippen LogP contribution in [0.5, 0.6) is 0 Å². The number of rotatable bonds is 3. The quantitative estimate of drug-likeness (QED) is 0.522. The molecule has 18 heavy (non-hydrogen) atoms. The molecule has 0 saturated heterocycles. The van der Waals surface area contributed by atoms with E-state index in [0.29, 0.717) is 12.5 Å². The lowest BCUT2D eigenvalue weighted by Crippen LogP contribution is -1.97. The topological polar surface area (TPSA) is 38.3 Å². The van der Waals surface area contributed by atoms with Crippen molar-refractivity contribution in [3.05, 3.63) is 48.6 Å². The van der Waals surface area contributed by atoms with Gasteiger partial charge in [-0.25, -0.2) is 4.79 Å². The molecule has 0 amide bonds. The van der Waals surface area contributed by atoms with Crippen molar-refractivity contribution in [3.63, 3.8) is 0 Å². The van der Waals surface area contributed by atoms with E-state index in [1.165, 1.54) is 5.56 Å². The summed E-state index contributed by atoms with van der Waals surface area (Å²) >= 11 is 5.53. The second-order valence-corrected chi connectivity index (χ2v) is 3.34. The molecule has 0 spiro atoms. The summed E-state index contributed by atoms with van der Waals surface area (Å²) < 4.78 is 4.43. The van der Waals surface area contributed by atoms with Crippen LogP contribution in [0, 0.1) is 0 Å². The van der Waals surface area contributed by atoms with Gasteiger partial charge in [-0.2, -0.15) is 0 Å². The van der Waals surface area contributed by atoms with Crippen molar-refractivity contribution >= 4 is 17.6 Å². The van der Waals surface area contributed by atoms with Crippen LogP contribution >= 0.6 is 11.6 Å². The van der Waals surface area contributed by atoms with Gasteiger partial charge in [-0.15, -0.1) is 11.6 Å². The number of nitrogens with one attached hydrogen (secondary N) is 1. The summed E-state index contributed by atoms with van der Waals surface area (Å²) in [5.74, 6) is 0.253. The van der Waals surface area contributed by atoms with Crippen molar-refractivity contribution in [1.82, 2.24) is 5.32 Å². The summed E-state index contributed by atoms with van der Waals surface area (Å²) in [6.45, 7) is 5.38. The third kappa shape index (κ3) is 14.7. The first-order chi connectivity index (χ1) is 8.65. The third-order valence-electron chi connectivity index (χ3n) is 1.45. The normalized spacial score (nSPS) is 8.00. The van der Waals surface area contributed by atoms with Crippen molar-refractivity contribution in [1.29, 1.82) is 0 Å². The largest absolute Gasteiger partial charge is 0.463 e. The molecule has 0 aliphatic carbocycles. The maximum Gasteiger partial charge on any atom is 0.330 e. The molecule has 0 aliphatic rings. The summed E-state index contributed by atoms with van der Waals surface area (Å²) in [5.41, 5.74) is 1.18. The van der Waals surface area contributed by atoms with Gasteiger partial charge in [0.2, 0.25) is 0 Å². The Bertz CT molecular complexity index is 302. The summed E-state index contributed by atoms with van der Waals surface area (Å²) in [6, 6.07) is 9.96. The fraction of sp³-hybridized carbons (Fsp3) is 0.357. The van der Waals surface area contributed by atoms with Crippen LogP contribution in [0.1, 0.15) is 12.5 Å². The van der Waals surface area contributed by atoms with Gasteiger partial charge in [-0.1, -0.05) is 36.9 Å². The van der Waals surface area contributed by atoms with Gasteiger partial charge in [0.1, 0.15) is 0 Å². The standard InChI is InChI=1S/C7H7Cl.C5H8O2.C2H7N/c8-6-7-4-2-1-3-5-7;1-3-5(6)7-4-2;1-3-2/h1-5H,6H2;3H,1,4H2,2H3;3H,1-2H3. The van der Waals surface area contributed by atoms with Gasteiger partial charge in [0.15, 0.2) is 0 Å². The number of ether oxygens (including phenoxy) is 1. The van der Waals surface area contributed by atoms with Gasteiger partial charge in [0, 0.05) is 12.0 Å². The lowest BCUT2D eigenvalue weighted by atomic mass is 10.2. The molecule has 1 aromatic carbocycles. The fourth-order valence-corrected chi connectivity index (χ4v) is 0.946. The highest BCUT2D eigenvalue weighted by Gasteiger charge is 1.86. The molecular formula is C14H22ClNO2. The number of carbonyl (C=O) groups excluding carboxylic acids is 1. The Labute approximate surface area is 115 Å². The number of hydrogen-bond acceptors (Lipinski definition) is 3. The lowest BCUT2D eigenvalue weighted by molar-refractivity contribution is -0.137. The van der Waals surface area contributed by atoms with E-state index in [-0.39, 0.29) is 5.97 Å². The van der Waals surface area contributed by atoms with Crippen LogP contribution in [0.25, 0.3) is 0 Å². The van der Waals surface area contributed by atoms with E-state index in [1.807, 2.05) is 44.4 Å². The van der Waals surface area contributed by atoms with Gasteiger partial charge < -0.3 is 10.1 Å². The highest BCUT2D eigenvalue weighted by atomic mass is 35.5. The van der Waals surface area contributed by atoms with Gasteiger partial charge in [-0.3, -0.25) is 0 Å². The summed E-state index contributed by atoms with van der Waals surface area (Å²) in [5, 5.41) is 2.75. The van der Waals surface area contributed by atoms with Crippen LogP contribution < -0.4 is 5.32 Å². The predicted molar refractivity (Wildman–Crippen MR) is 77.8 cm³/mol. The molecule has 0 fully saturated rings. The number of alkyl halides is 1. The number of benzene rings is 1. The molecule has 1 rings (SSSR count). The minimum absolute atomic E-state index is 0.359. The molecule has 1 N–H and O–H groups in total. The van der Waals surface area contributed by atoms with E-state index in [9.17, 15) is 4.79 Å². The molecule has 3 nitrogen and oxygen atoms in total. The first-order valence-corrected chi connectivity index (χ1v) is 6.17. The zero-order chi connectivity index (χ0) is 14.2. The van der Waals surface area contributed by atoms with Crippen LogP contribution in [-0.2, 0) is 15.4 Å². The van der Waals surface area contributed by atoms with Crippen LogP contribution in [0.15, 0.2) is 43.0 Å². The smallest absolute Gasteiger partial charge is 0.330 e. The van der Waals surface area contributed by atoms with E-state index in [0.717, 1.165) is 6.08 Å². The Morgan fingerprint density at radius 3 is 2.11 bits per heavy atom. The Balaban J connectivity index is 0. The lowest BCUT2D eigenvalue weighted by Gasteiger charge is -1.90. The second-order valence-electron chi connectivity index (χ2n) is 3.08. The van der Waals surface area contributed by atoms with Crippen molar-refractivity contribution in [3.8, 4) is 0 Å². The molecule has 0 unspecified atom stereocenters. The molecule has 0 aromatic heterocycles. The van der Waals surface area contributed by atoms with Crippen LogP contribution in [0.4, 0.5) is 0 Å². The summed E-state index contributed by atoms with van der Waals surface area (Å²) in [4.78, 5) is 10.1. The number of halogens is 1. The Morgan fingerprint density at radius 1 is 1.39 bits per heavy atom. The average Bonchev–Trinajstić information content (AvgIpc) is 2.41. The van der Waals surface area contributed by atoms with Gasteiger partial charge >= 0.3 is 5.97 Å². The SMILES string of the molecule is C=CC(=O)OCC.CNC.ClCc1ccccc1. The zero-order valence-electron chi connectivity index (χ0n) is 11.3. The Kier molecular flexibility index (Phi) is 16.6. The molecule has 102 valence electrons. The van der Waals surface area contributed by atoms with Crippen LogP contribution in [0.2, 0.25) is 0 Å². The molecule has 0 atom stereocenters. The maximum absolute atomic E-state index is 10.1. The second kappa shape index (κ2) is 15.7. The molecule has 1 aromatic rings. The van der Waals surface area contributed by atoms with E-state index in [4.69, 9.17) is 11.6 Å². The van der Waals surface area contributed by atoms with Crippen molar-refractivity contribution in [2.24, 2.45) is 0 Å². The Hall–Kier alpha value is -1.32. The van der Waals surface area contributed by atoms with Crippen molar-refractivity contribution in [2.75, 3.05) is 20.7 Å². The summed E-state index contributed by atoms with van der Waals surface area (Å²) in [6.07, 6.45) is 1.14. The highest BCUT2D eigenvalue weighted by molar-refractivity contribution is 6.17. The van der Waals surface area contributed by atoms with E-state index >= 15 is 0 Å². The number of hydrogen-bond donors (Lipinski definition) is 1. The average molecular weight is 272 g/mol. The molecule has 0 saturated carbocycles. The summed E-state index contributed by atoms with van der Waals surface area (Å²) in [7, 11) is 3.75. The van der Waals surface area contributed by atoms with Crippen LogP contribution in [0.3, 0.4) is 0 Å². The Morgan fingerprint density at radius 2 is 1.89 bits per heavy atom. The molecular weight excluding hydrogens is 250 g/mol. The van der Waals surface area contributed by atoms with Gasteiger partial charge in [-0.05, 0) is 26.6 Å². The van der Waals surface area contributed by atoms with Gasteiger partial charge in [0.25, 0.3) is 0 Å². The van der Waals surface area contributed by atoms with Crippen molar-refractivity contribution < 1.29 is 9.53 Å². The molecule has 0 aliphatic heterocycles. The van der Waals surface area contributed by atoms with E-state index in [2.05, 4.69) is 16.6 Å². The van der Waals surface area contributed by atoms with Crippen LogP contribution in [-0.4, -0.2) is 26.7 Å². The molecule has 0 heterocycles. The van der Waals surface area contributed by atoms with E-state index < -0.39 is 0 Å². The minimum Gasteiger partial charge on any atom is -0.463 e. The zero-order valence-corrected chi connectivity index (χ0v) is 12.0. The van der Waals surface area contributed by atoms with Gasteiger partial charge in [0.05, 0.1) is 6.61 Å². The monoisotopic (exact) mass is 271 g/mol. The molecule has 0 bridgehead atoms. The fourth-order valence-electron chi connectivity index (χ4n) is 0.768. The first-order valence-electron chi connectivity index (χ1n) is 5.63.